The van der Waals surface area contributed by atoms with E-state index in [9.17, 15) is 9.18 Å². The van der Waals surface area contributed by atoms with Crippen LogP contribution < -0.4 is 15.6 Å². The standard InChI is InChI=1S/C22H20ClFN2O4/c1-28-19-6-2-4-13-10-16(21(27)25-12-15-5-3-9-29-15)22(30-20(13)19)26-18-8-7-14(23)11-17(18)24/h2,4,6-8,10-11,15H,3,5,9,12H2,1H3,(H,25,27)/t15-/m1/s1. The van der Waals surface area contributed by atoms with E-state index in [1.807, 2.05) is 0 Å². The Bertz CT molecular complexity index is 1160. The number of carbonyl (C=O) groups is 1. The van der Waals surface area contributed by atoms with Crippen molar-refractivity contribution in [2.24, 2.45) is 4.99 Å². The Labute approximate surface area is 177 Å². The Morgan fingerprint density at radius 3 is 2.93 bits per heavy atom. The summed E-state index contributed by atoms with van der Waals surface area (Å²) in [6, 6.07) is 11.1. The molecule has 4 rings (SSSR count). The molecule has 0 bridgehead atoms. The van der Waals surface area contributed by atoms with Gasteiger partial charge < -0.3 is 19.2 Å². The zero-order valence-corrected chi connectivity index (χ0v) is 17.0. The molecule has 1 aliphatic heterocycles. The van der Waals surface area contributed by atoms with Gasteiger partial charge in [-0.25, -0.2) is 9.38 Å². The molecule has 1 aromatic heterocycles. The number of carbonyl (C=O) groups excluding carboxylic acids is 1. The molecule has 2 heterocycles. The van der Waals surface area contributed by atoms with E-state index >= 15 is 0 Å². The zero-order valence-electron chi connectivity index (χ0n) is 16.3. The normalized spacial score (nSPS) is 16.8. The van der Waals surface area contributed by atoms with E-state index in [1.165, 1.54) is 19.2 Å². The molecule has 0 spiro atoms. The number of nitrogens with zero attached hydrogens (tertiary/aromatic N) is 1. The summed E-state index contributed by atoms with van der Waals surface area (Å²) in [4.78, 5) is 17.2. The second-order valence-electron chi connectivity index (χ2n) is 6.90. The van der Waals surface area contributed by atoms with Gasteiger partial charge in [-0.3, -0.25) is 4.79 Å². The van der Waals surface area contributed by atoms with Gasteiger partial charge in [-0.05, 0) is 43.2 Å². The van der Waals surface area contributed by atoms with Crippen molar-refractivity contribution in [1.29, 1.82) is 0 Å². The number of para-hydroxylation sites is 1. The maximum atomic E-state index is 14.3. The zero-order chi connectivity index (χ0) is 21.1. The molecule has 0 unspecified atom stereocenters. The lowest BCUT2D eigenvalue weighted by atomic mass is 10.1. The number of rotatable bonds is 5. The number of hydrogen-bond acceptors (Lipinski definition) is 5. The van der Waals surface area contributed by atoms with Gasteiger partial charge in [0.25, 0.3) is 5.91 Å². The van der Waals surface area contributed by atoms with Gasteiger partial charge in [-0.15, -0.1) is 0 Å². The van der Waals surface area contributed by atoms with Crippen molar-refractivity contribution in [2.45, 2.75) is 18.9 Å². The molecule has 1 aliphatic rings. The first-order chi connectivity index (χ1) is 14.5. The van der Waals surface area contributed by atoms with Crippen LogP contribution in [0.15, 0.2) is 51.9 Å². The highest BCUT2D eigenvalue weighted by Gasteiger charge is 2.19. The molecule has 1 saturated heterocycles. The van der Waals surface area contributed by atoms with Crippen molar-refractivity contribution in [3.05, 3.63) is 64.4 Å². The van der Waals surface area contributed by atoms with Crippen molar-refractivity contribution in [1.82, 2.24) is 5.32 Å². The molecule has 30 heavy (non-hydrogen) atoms. The summed E-state index contributed by atoms with van der Waals surface area (Å²) in [5.41, 5.74) is 0.565. The minimum Gasteiger partial charge on any atom is -0.493 e. The van der Waals surface area contributed by atoms with Gasteiger partial charge in [0.2, 0.25) is 5.55 Å². The summed E-state index contributed by atoms with van der Waals surface area (Å²) in [5.74, 6) is -0.525. The van der Waals surface area contributed by atoms with Crippen LogP contribution in [-0.2, 0) is 4.74 Å². The quantitative estimate of drug-likeness (QED) is 0.652. The van der Waals surface area contributed by atoms with Crippen molar-refractivity contribution in [3.63, 3.8) is 0 Å². The van der Waals surface area contributed by atoms with Crippen LogP contribution in [0.1, 0.15) is 23.2 Å². The third kappa shape index (κ3) is 4.32. The first-order valence-electron chi connectivity index (χ1n) is 9.55. The van der Waals surface area contributed by atoms with Crippen LogP contribution in [0.4, 0.5) is 10.1 Å². The molecule has 1 fully saturated rings. The van der Waals surface area contributed by atoms with Crippen molar-refractivity contribution in [2.75, 3.05) is 20.3 Å². The minimum atomic E-state index is -0.622. The molecule has 3 aromatic rings. The predicted octanol–water partition coefficient (Wildman–Crippen LogP) is 4.38. The highest BCUT2D eigenvalue weighted by molar-refractivity contribution is 6.30. The fourth-order valence-corrected chi connectivity index (χ4v) is 3.48. The average Bonchev–Trinajstić information content (AvgIpc) is 3.26. The maximum Gasteiger partial charge on any atom is 0.256 e. The SMILES string of the molecule is COc1cccc2cc(C(=O)NC[C@H]3CCCO3)c(=Nc3ccc(Cl)cc3F)oc12. The summed E-state index contributed by atoms with van der Waals surface area (Å²) < 4.78 is 31.1. The van der Waals surface area contributed by atoms with Crippen LogP contribution >= 0.6 is 11.6 Å². The van der Waals surface area contributed by atoms with Crippen LogP contribution in [-0.4, -0.2) is 32.3 Å². The largest absolute Gasteiger partial charge is 0.493 e. The Morgan fingerprint density at radius 2 is 2.20 bits per heavy atom. The summed E-state index contributed by atoms with van der Waals surface area (Å²) in [7, 11) is 1.52. The molecular formula is C22H20ClFN2O4. The lowest BCUT2D eigenvalue weighted by Gasteiger charge is -2.12. The van der Waals surface area contributed by atoms with Crippen molar-refractivity contribution >= 4 is 34.2 Å². The first kappa shape index (κ1) is 20.4. The molecule has 1 atom stereocenters. The molecule has 1 N–H and O–H groups in total. The number of ether oxygens (including phenoxy) is 2. The monoisotopic (exact) mass is 430 g/mol. The number of halogens is 2. The van der Waals surface area contributed by atoms with Crippen molar-refractivity contribution < 1.29 is 23.1 Å². The van der Waals surface area contributed by atoms with Crippen LogP contribution in [0.25, 0.3) is 11.0 Å². The second-order valence-corrected chi connectivity index (χ2v) is 7.33. The number of hydrogen-bond donors (Lipinski definition) is 1. The van der Waals surface area contributed by atoms with Gasteiger partial charge in [0, 0.05) is 23.6 Å². The summed E-state index contributed by atoms with van der Waals surface area (Å²) >= 11 is 5.83. The Kier molecular flexibility index (Phi) is 6.01. The van der Waals surface area contributed by atoms with Crippen LogP contribution in [0.2, 0.25) is 5.02 Å². The third-order valence-electron chi connectivity index (χ3n) is 4.85. The van der Waals surface area contributed by atoms with Gasteiger partial charge in [-0.2, -0.15) is 0 Å². The Morgan fingerprint density at radius 1 is 1.33 bits per heavy atom. The molecule has 8 heteroatoms. The first-order valence-corrected chi connectivity index (χ1v) is 9.93. The maximum absolute atomic E-state index is 14.3. The fraction of sp³-hybridized carbons (Fsp3) is 0.273. The molecule has 0 saturated carbocycles. The minimum absolute atomic E-state index is 0.00516. The number of fused-ring (bicyclic) bond motifs is 1. The highest BCUT2D eigenvalue weighted by Crippen LogP contribution is 2.26. The van der Waals surface area contributed by atoms with Gasteiger partial charge in [-0.1, -0.05) is 23.7 Å². The molecule has 0 aliphatic carbocycles. The smallest absolute Gasteiger partial charge is 0.256 e. The highest BCUT2D eigenvalue weighted by atomic mass is 35.5. The lowest BCUT2D eigenvalue weighted by Crippen LogP contribution is -2.34. The number of benzene rings is 2. The number of methoxy groups -OCH3 is 1. The number of nitrogens with one attached hydrogen (secondary N) is 1. The Hall–Kier alpha value is -2.90. The van der Waals surface area contributed by atoms with E-state index in [0.29, 0.717) is 29.9 Å². The molecule has 0 radical (unpaired) electrons. The second kappa shape index (κ2) is 8.85. The van der Waals surface area contributed by atoms with Crippen LogP contribution in [0.5, 0.6) is 5.75 Å². The summed E-state index contributed by atoms with van der Waals surface area (Å²) in [6.07, 6.45) is 1.86. The van der Waals surface area contributed by atoms with E-state index in [0.717, 1.165) is 18.9 Å². The molecule has 6 nitrogen and oxygen atoms in total. The molecule has 156 valence electrons. The van der Waals surface area contributed by atoms with Crippen LogP contribution in [0.3, 0.4) is 0 Å². The Balaban J connectivity index is 1.81. The van der Waals surface area contributed by atoms with Gasteiger partial charge in [0.05, 0.1) is 13.2 Å². The van der Waals surface area contributed by atoms with Crippen LogP contribution in [0, 0.1) is 5.82 Å². The third-order valence-corrected chi connectivity index (χ3v) is 5.08. The number of amides is 1. The predicted molar refractivity (Wildman–Crippen MR) is 111 cm³/mol. The van der Waals surface area contributed by atoms with Gasteiger partial charge in [0.15, 0.2) is 11.3 Å². The topological polar surface area (TPSA) is 73.1 Å². The van der Waals surface area contributed by atoms with E-state index < -0.39 is 5.82 Å². The molecular weight excluding hydrogens is 411 g/mol. The lowest BCUT2D eigenvalue weighted by molar-refractivity contribution is 0.0854. The van der Waals surface area contributed by atoms with E-state index in [1.54, 1.807) is 24.3 Å². The van der Waals surface area contributed by atoms with Crippen molar-refractivity contribution in [3.8, 4) is 5.75 Å². The fourth-order valence-electron chi connectivity index (χ4n) is 3.32. The van der Waals surface area contributed by atoms with E-state index in [2.05, 4.69) is 10.3 Å². The van der Waals surface area contributed by atoms with Gasteiger partial charge in [0.1, 0.15) is 17.1 Å². The summed E-state index contributed by atoms with van der Waals surface area (Å²) in [5, 5.41) is 3.76. The van der Waals surface area contributed by atoms with E-state index in [4.69, 9.17) is 25.5 Å². The van der Waals surface area contributed by atoms with Gasteiger partial charge >= 0.3 is 0 Å². The van der Waals surface area contributed by atoms with E-state index in [-0.39, 0.29) is 33.8 Å². The average molecular weight is 431 g/mol. The summed E-state index contributed by atoms with van der Waals surface area (Å²) in [6.45, 7) is 1.08. The molecule has 1 amide bonds. The molecule has 2 aromatic carbocycles.